The van der Waals surface area contributed by atoms with Crippen LogP contribution in [0.1, 0.15) is 18.1 Å². The Morgan fingerprint density at radius 3 is 2.55 bits per heavy atom. The molecule has 0 saturated heterocycles. The Labute approximate surface area is 125 Å². The van der Waals surface area contributed by atoms with E-state index in [1.807, 2.05) is 0 Å². The van der Waals surface area contributed by atoms with E-state index in [0.717, 1.165) is 5.56 Å². The highest BCUT2D eigenvalue weighted by molar-refractivity contribution is 6.32. The molecule has 0 aromatic heterocycles. The van der Waals surface area contributed by atoms with Crippen molar-refractivity contribution in [2.24, 2.45) is 0 Å². The average molecular weight is 310 g/mol. The molecule has 5 heteroatoms. The van der Waals surface area contributed by atoms with Crippen molar-refractivity contribution < 1.29 is 9.18 Å². The van der Waals surface area contributed by atoms with Crippen LogP contribution in [0.4, 0.5) is 10.1 Å². The Morgan fingerprint density at radius 2 is 1.85 bits per heavy atom. The summed E-state index contributed by atoms with van der Waals surface area (Å²) in [4.78, 5) is 12.4. The van der Waals surface area contributed by atoms with Crippen molar-refractivity contribution in [3.63, 3.8) is 0 Å². The van der Waals surface area contributed by atoms with Crippen LogP contribution in [0.25, 0.3) is 0 Å². The third-order valence-corrected chi connectivity index (χ3v) is 4.24. The van der Waals surface area contributed by atoms with Crippen LogP contribution in [0.2, 0.25) is 10.0 Å². The lowest BCUT2D eigenvalue weighted by Gasteiger charge is -2.24. The molecule has 20 heavy (non-hydrogen) atoms. The second-order valence-electron chi connectivity index (χ2n) is 4.89. The van der Waals surface area contributed by atoms with Crippen LogP contribution in [0.15, 0.2) is 36.4 Å². The third-order valence-electron chi connectivity index (χ3n) is 3.69. The molecular formula is C15H10Cl2FNO. The van der Waals surface area contributed by atoms with Gasteiger partial charge in [-0.05, 0) is 48.4 Å². The van der Waals surface area contributed by atoms with Gasteiger partial charge >= 0.3 is 0 Å². The molecule has 1 heterocycles. The van der Waals surface area contributed by atoms with Crippen LogP contribution in [-0.2, 0) is 10.2 Å². The van der Waals surface area contributed by atoms with E-state index in [9.17, 15) is 9.18 Å². The van der Waals surface area contributed by atoms with E-state index < -0.39 is 11.2 Å². The molecule has 2 nitrogen and oxygen atoms in total. The predicted molar refractivity (Wildman–Crippen MR) is 77.9 cm³/mol. The van der Waals surface area contributed by atoms with Gasteiger partial charge < -0.3 is 5.32 Å². The highest BCUT2D eigenvalue weighted by atomic mass is 35.5. The molecule has 0 spiro atoms. The van der Waals surface area contributed by atoms with E-state index in [1.165, 1.54) is 18.2 Å². The minimum atomic E-state index is -0.981. The first-order valence-corrected chi connectivity index (χ1v) is 6.75. The van der Waals surface area contributed by atoms with Crippen molar-refractivity contribution in [3.05, 3.63) is 63.4 Å². The van der Waals surface area contributed by atoms with Crippen molar-refractivity contribution in [1.29, 1.82) is 0 Å². The Kier molecular flexibility index (Phi) is 3.00. The van der Waals surface area contributed by atoms with Crippen molar-refractivity contribution in [3.8, 4) is 0 Å². The Bertz CT molecular complexity index is 732. The summed E-state index contributed by atoms with van der Waals surface area (Å²) in [6.07, 6.45) is 0. The summed E-state index contributed by atoms with van der Waals surface area (Å²) in [5.41, 5.74) is 1.01. The molecule has 102 valence electrons. The number of hydrogen-bond donors (Lipinski definition) is 1. The molecule has 1 N–H and O–H groups in total. The van der Waals surface area contributed by atoms with Crippen LogP contribution in [0.5, 0.6) is 0 Å². The Hall–Kier alpha value is -1.58. The highest BCUT2D eigenvalue weighted by Crippen LogP contribution is 2.45. The number of benzene rings is 2. The first-order chi connectivity index (χ1) is 9.42. The zero-order valence-corrected chi connectivity index (χ0v) is 12.0. The topological polar surface area (TPSA) is 29.1 Å². The fourth-order valence-corrected chi connectivity index (χ4v) is 3.10. The molecule has 1 amide bonds. The van der Waals surface area contributed by atoms with E-state index in [0.29, 0.717) is 16.3 Å². The lowest BCUT2D eigenvalue weighted by atomic mass is 9.77. The van der Waals surface area contributed by atoms with Crippen LogP contribution in [0, 0.1) is 5.82 Å². The van der Waals surface area contributed by atoms with E-state index >= 15 is 0 Å². The van der Waals surface area contributed by atoms with Gasteiger partial charge in [0.25, 0.3) is 0 Å². The second-order valence-corrected chi connectivity index (χ2v) is 5.74. The molecule has 0 aliphatic carbocycles. The quantitative estimate of drug-likeness (QED) is 0.831. The smallest absolute Gasteiger partial charge is 0.239 e. The third kappa shape index (κ3) is 1.81. The van der Waals surface area contributed by atoms with Gasteiger partial charge in [-0.15, -0.1) is 0 Å². The number of carbonyl (C=O) groups is 1. The molecule has 1 aliphatic rings. The van der Waals surface area contributed by atoms with Crippen LogP contribution >= 0.6 is 23.2 Å². The van der Waals surface area contributed by atoms with Crippen LogP contribution in [0.3, 0.4) is 0 Å². The van der Waals surface area contributed by atoms with Gasteiger partial charge in [0.15, 0.2) is 0 Å². The summed E-state index contributed by atoms with van der Waals surface area (Å²) in [5, 5.41) is 3.56. The number of anilines is 1. The minimum absolute atomic E-state index is 0.205. The van der Waals surface area contributed by atoms with Crippen LogP contribution < -0.4 is 5.32 Å². The number of rotatable bonds is 1. The van der Waals surface area contributed by atoms with Gasteiger partial charge in [-0.1, -0.05) is 29.3 Å². The lowest BCUT2D eigenvalue weighted by molar-refractivity contribution is -0.119. The second kappa shape index (κ2) is 4.47. The minimum Gasteiger partial charge on any atom is -0.325 e. The summed E-state index contributed by atoms with van der Waals surface area (Å²) in [6.45, 7) is 1.75. The summed E-state index contributed by atoms with van der Waals surface area (Å²) in [6, 6.07) is 9.22. The zero-order chi connectivity index (χ0) is 14.5. The highest BCUT2D eigenvalue weighted by Gasteiger charge is 2.45. The summed E-state index contributed by atoms with van der Waals surface area (Å²) < 4.78 is 13.2. The molecule has 0 bridgehead atoms. The van der Waals surface area contributed by atoms with Crippen molar-refractivity contribution >= 4 is 34.8 Å². The predicted octanol–water partition coefficient (Wildman–Crippen LogP) is 4.39. The maximum absolute atomic E-state index is 13.2. The molecular weight excluding hydrogens is 300 g/mol. The molecule has 0 saturated carbocycles. The van der Waals surface area contributed by atoms with E-state index in [-0.39, 0.29) is 10.9 Å². The summed E-state index contributed by atoms with van der Waals surface area (Å²) in [7, 11) is 0. The normalized spacial score (nSPS) is 20.7. The van der Waals surface area contributed by atoms with Gasteiger partial charge in [0.2, 0.25) is 5.91 Å². The number of nitrogens with one attached hydrogen (secondary N) is 1. The SMILES string of the molecule is CC1(c2ccc(F)cc2Cl)C(=O)Nc2ccc(Cl)cc21. The lowest BCUT2D eigenvalue weighted by Crippen LogP contribution is -2.32. The Morgan fingerprint density at radius 1 is 1.10 bits per heavy atom. The number of amides is 1. The van der Waals surface area contributed by atoms with Gasteiger partial charge in [-0.3, -0.25) is 4.79 Å². The number of halogens is 3. The fourth-order valence-electron chi connectivity index (χ4n) is 2.57. The molecule has 2 aromatic carbocycles. The standard InChI is InChI=1S/C15H10Cl2FNO/c1-15(10-4-3-9(18)7-12(10)17)11-6-8(16)2-5-13(11)19-14(15)20/h2-7H,1H3,(H,19,20). The van der Waals surface area contributed by atoms with E-state index in [4.69, 9.17) is 23.2 Å². The number of carbonyl (C=O) groups excluding carboxylic acids is 1. The fraction of sp³-hybridized carbons (Fsp3) is 0.133. The summed E-state index contributed by atoms with van der Waals surface area (Å²) >= 11 is 12.1. The molecule has 1 atom stereocenters. The van der Waals surface area contributed by atoms with Gasteiger partial charge in [0, 0.05) is 15.7 Å². The van der Waals surface area contributed by atoms with Crippen LogP contribution in [-0.4, -0.2) is 5.91 Å². The monoisotopic (exact) mass is 309 g/mol. The first-order valence-electron chi connectivity index (χ1n) is 6.00. The van der Waals surface area contributed by atoms with E-state index in [1.54, 1.807) is 25.1 Å². The molecule has 1 aliphatic heterocycles. The van der Waals surface area contributed by atoms with Gasteiger partial charge in [0.1, 0.15) is 5.82 Å². The van der Waals surface area contributed by atoms with Gasteiger partial charge in [-0.2, -0.15) is 0 Å². The average Bonchev–Trinajstić information content (AvgIpc) is 2.63. The van der Waals surface area contributed by atoms with Gasteiger partial charge in [0.05, 0.1) is 5.41 Å². The molecule has 0 radical (unpaired) electrons. The molecule has 3 rings (SSSR count). The molecule has 0 fully saturated rings. The largest absolute Gasteiger partial charge is 0.325 e. The van der Waals surface area contributed by atoms with Crippen molar-refractivity contribution in [1.82, 2.24) is 0 Å². The van der Waals surface area contributed by atoms with Crippen molar-refractivity contribution in [2.45, 2.75) is 12.3 Å². The van der Waals surface area contributed by atoms with Gasteiger partial charge in [-0.25, -0.2) is 4.39 Å². The molecule has 1 unspecified atom stereocenters. The number of hydrogen-bond acceptors (Lipinski definition) is 1. The van der Waals surface area contributed by atoms with E-state index in [2.05, 4.69) is 5.32 Å². The maximum atomic E-state index is 13.2. The summed E-state index contributed by atoms with van der Waals surface area (Å²) in [5.74, 6) is -0.643. The Balaban J connectivity index is 2.27. The zero-order valence-electron chi connectivity index (χ0n) is 10.5. The number of fused-ring (bicyclic) bond motifs is 1. The maximum Gasteiger partial charge on any atom is 0.239 e. The molecule has 2 aromatic rings. The first kappa shape index (κ1) is 13.4. The van der Waals surface area contributed by atoms with Crippen molar-refractivity contribution in [2.75, 3.05) is 5.32 Å².